The monoisotopic (exact) mass is 766 g/mol. The van der Waals surface area contributed by atoms with Gasteiger partial charge in [0.1, 0.15) is 11.6 Å². The quantitative estimate of drug-likeness (QED) is 0.108. The summed E-state index contributed by atoms with van der Waals surface area (Å²) in [5, 5.41) is 19.0. The Balaban J connectivity index is 1.08. The number of carbonyl (C=O) groups excluding carboxylic acids is 2. The lowest BCUT2D eigenvalue weighted by molar-refractivity contribution is -0.134. The molecule has 14 nitrogen and oxygen atoms in total. The van der Waals surface area contributed by atoms with Gasteiger partial charge < -0.3 is 39.8 Å². The Kier molecular flexibility index (Phi) is 12.2. The highest BCUT2D eigenvalue weighted by atomic mass is 16.4. The fraction of sp³-hybridized carbons (Fsp3) is 0.476. The maximum atomic E-state index is 13.4. The fourth-order valence-electron chi connectivity index (χ4n) is 8.20. The van der Waals surface area contributed by atoms with Crippen LogP contribution in [0.3, 0.4) is 0 Å². The van der Waals surface area contributed by atoms with E-state index in [1.165, 1.54) is 23.9 Å². The first-order valence-electron chi connectivity index (χ1n) is 19.5. The summed E-state index contributed by atoms with van der Waals surface area (Å²) in [5.41, 5.74) is 5.77. The third-order valence-electron chi connectivity index (χ3n) is 11.6. The highest BCUT2D eigenvalue weighted by Crippen LogP contribution is 2.35. The number of amides is 4. The molecule has 2 aliphatic rings. The van der Waals surface area contributed by atoms with Gasteiger partial charge in [-0.3, -0.25) is 9.59 Å². The Morgan fingerprint density at radius 1 is 0.643 bits per heavy atom. The van der Waals surface area contributed by atoms with Gasteiger partial charge in [-0.15, -0.1) is 0 Å². The number of rotatable bonds is 13. The highest BCUT2D eigenvalue weighted by Gasteiger charge is 2.36. The second-order valence-corrected chi connectivity index (χ2v) is 15.8. The van der Waals surface area contributed by atoms with Gasteiger partial charge in [-0.1, -0.05) is 76.2 Å². The Labute approximate surface area is 327 Å². The molecule has 0 spiro atoms. The highest BCUT2D eigenvalue weighted by molar-refractivity contribution is 5.79. The van der Waals surface area contributed by atoms with E-state index in [2.05, 4.69) is 44.2 Å². The third kappa shape index (κ3) is 8.58. The minimum absolute atomic E-state index is 0.00140. The standard InChI is InChI=1S/C42H54N8O6/c1-25(2)35(47(5)41(53)54)21-37(51)49-19-7-9-33(49)39-43-23-31(45-39)29-15-11-27(12-16-29)28-13-17-30(18-14-28)32-24-44-40(46-32)34-10-8-20-50(34)38(52)22-36(26(3)4)48(6)42(55)56/h11-18,23-26,33-36H,7-10,19-22H2,1-6H3,(H,43,45)(H,44,46)(H,53,54)(H,55,56)/t33-,34-,35+,36+/m0/s1. The third-order valence-corrected chi connectivity index (χ3v) is 11.6. The second-order valence-electron chi connectivity index (χ2n) is 15.8. The molecule has 14 heteroatoms. The summed E-state index contributed by atoms with van der Waals surface area (Å²) in [5.74, 6) is 1.34. The molecule has 2 aromatic heterocycles. The molecule has 2 saturated heterocycles. The van der Waals surface area contributed by atoms with Crippen molar-refractivity contribution in [2.75, 3.05) is 27.2 Å². The summed E-state index contributed by atoms with van der Waals surface area (Å²) in [6, 6.07) is 15.3. The van der Waals surface area contributed by atoms with Crippen LogP contribution < -0.4 is 0 Å². The van der Waals surface area contributed by atoms with Crippen LogP contribution in [-0.4, -0.2) is 113 Å². The van der Waals surface area contributed by atoms with Crippen molar-refractivity contribution in [1.82, 2.24) is 39.5 Å². The van der Waals surface area contributed by atoms with Gasteiger partial charge in [0.25, 0.3) is 0 Å². The summed E-state index contributed by atoms with van der Waals surface area (Å²) in [7, 11) is 3.04. The maximum absolute atomic E-state index is 13.4. The van der Waals surface area contributed by atoms with E-state index in [1.807, 2.05) is 61.8 Å². The molecule has 0 saturated carbocycles. The molecular formula is C42H54N8O6. The van der Waals surface area contributed by atoms with Crippen LogP contribution in [0.4, 0.5) is 9.59 Å². The number of benzene rings is 2. The van der Waals surface area contributed by atoms with Gasteiger partial charge in [0.2, 0.25) is 11.8 Å². The van der Waals surface area contributed by atoms with Crippen LogP contribution >= 0.6 is 0 Å². The Bertz CT molecular complexity index is 1860. The lowest BCUT2D eigenvalue weighted by Gasteiger charge is -2.31. The Hall–Kier alpha value is -5.66. The van der Waals surface area contributed by atoms with E-state index in [-0.39, 0.29) is 48.6 Å². The first-order chi connectivity index (χ1) is 26.7. The van der Waals surface area contributed by atoms with Crippen LogP contribution in [0, 0.1) is 11.8 Å². The van der Waals surface area contributed by atoms with Gasteiger partial charge in [0.05, 0.1) is 35.9 Å². The molecule has 0 unspecified atom stereocenters. The van der Waals surface area contributed by atoms with Gasteiger partial charge in [-0.25, -0.2) is 19.6 Å². The zero-order valence-corrected chi connectivity index (χ0v) is 33.1. The van der Waals surface area contributed by atoms with E-state index in [0.29, 0.717) is 13.1 Å². The molecule has 4 heterocycles. The van der Waals surface area contributed by atoms with Crippen molar-refractivity contribution < 1.29 is 29.4 Å². The van der Waals surface area contributed by atoms with Gasteiger partial charge in [0, 0.05) is 52.1 Å². The zero-order valence-electron chi connectivity index (χ0n) is 33.1. The smallest absolute Gasteiger partial charge is 0.407 e. The first kappa shape index (κ1) is 40.0. The average molecular weight is 767 g/mol. The number of hydrogen-bond acceptors (Lipinski definition) is 6. The molecule has 4 amide bonds. The number of imidazole rings is 2. The maximum Gasteiger partial charge on any atom is 0.407 e. The predicted octanol–water partition coefficient (Wildman–Crippen LogP) is 7.51. The number of H-pyrrole nitrogens is 2. The average Bonchev–Trinajstić information content (AvgIpc) is 4.02. The van der Waals surface area contributed by atoms with Crippen LogP contribution in [0.2, 0.25) is 0 Å². The van der Waals surface area contributed by atoms with Crippen molar-refractivity contribution in [2.45, 2.75) is 90.4 Å². The van der Waals surface area contributed by atoms with Gasteiger partial charge >= 0.3 is 12.2 Å². The summed E-state index contributed by atoms with van der Waals surface area (Å²) in [6.07, 6.45) is 5.09. The molecule has 4 N–H and O–H groups in total. The van der Waals surface area contributed by atoms with E-state index in [4.69, 9.17) is 0 Å². The van der Waals surface area contributed by atoms with Crippen molar-refractivity contribution in [2.24, 2.45) is 11.8 Å². The number of nitrogens with one attached hydrogen (secondary N) is 2. The molecule has 2 aromatic carbocycles. The van der Waals surface area contributed by atoms with Gasteiger partial charge in [-0.05, 0) is 59.8 Å². The second kappa shape index (κ2) is 17.0. The van der Waals surface area contributed by atoms with Crippen molar-refractivity contribution in [1.29, 1.82) is 0 Å². The molecule has 0 bridgehead atoms. The van der Waals surface area contributed by atoms with Crippen LogP contribution in [0.5, 0.6) is 0 Å². The van der Waals surface area contributed by atoms with E-state index >= 15 is 0 Å². The molecule has 298 valence electrons. The molecule has 6 rings (SSSR count). The van der Waals surface area contributed by atoms with Crippen LogP contribution in [0.25, 0.3) is 33.6 Å². The molecular weight excluding hydrogens is 713 g/mol. The molecule has 2 fully saturated rings. The van der Waals surface area contributed by atoms with Gasteiger partial charge in [0.15, 0.2) is 0 Å². The van der Waals surface area contributed by atoms with Crippen molar-refractivity contribution in [3.8, 4) is 33.6 Å². The van der Waals surface area contributed by atoms with Crippen LogP contribution in [0.15, 0.2) is 60.9 Å². The largest absolute Gasteiger partial charge is 0.465 e. The van der Waals surface area contributed by atoms with E-state index in [9.17, 15) is 29.4 Å². The summed E-state index contributed by atoms with van der Waals surface area (Å²) < 4.78 is 0. The molecule has 2 aliphatic heterocycles. The molecule has 4 aromatic rings. The number of aromatic nitrogens is 4. The molecule has 4 atom stereocenters. The van der Waals surface area contributed by atoms with Crippen LogP contribution in [0.1, 0.15) is 90.0 Å². The van der Waals surface area contributed by atoms with Gasteiger partial charge in [-0.2, -0.15) is 0 Å². The topological polar surface area (TPSA) is 179 Å². The SMILES string of the molecule is CC(C)[C@@H](CC(=O)N1CCC[C@H]1c1ncc(-c2ccc(-c3ccc(-c4cnc([C@@H]5CCCN5C(=O)C[C@H](C(C)C)N(C)C(=O)O)[nH]4)cc3)cc2)[nH]1)N(C)C(=O)O. The summed E-state index contributed by atoms with van der Waals surface area (Å²) in [4.78, 5) is 72.5. The lowest BCUT2D eigenvalue weighted by Crippen LogP contribution is -2.44. The van der Waals surface area contributed by atoms with Crippen molar-refractivity contribution >= 4 is 24.0 Å². The van der Waals surface area contributed by atoms with E-state index in [0.717, 1.165) is 71.0 Å². The minimum atomic E-state index is -1.04. The summed E-state index contributed by atoms with van der Waals surface area (Å²) in [6.45, 7) is 8.97. The number of carboxylic acid groups (broad SMARTS) is 2. The molecule has 56 heavy (non-hydrogen) atoms. The number of carbonyl (C=O) groups is 4. The predicted molar refractivity (Wildman–Crippen MR) is 212 cm³/mol. The van der Waals surface area contributed by atoms with Crippen molar-refractivity contribution in [3.63, 3.8) is 0 Å². The lowest BCUT2D eigenvalue weighted by atomic mass is 9.99. The number of hydrogen-bond donors (Lipinski definition) is 4. The van der Waals surface area contributed by atoms with Crippen molar-refractivity contribution in [3.05, 3.63) is 72.6 Å². The molecule has 0 aliphatic carbocycles. The van der Waals surface area contributed by atoms with E-state index in [1.54, 1.807) is 12.4 Å². The summed E-state index contributed by atoms with van der Waals surface area (Å²) >= 11 is 0. The number of aromatic amines is 2. The first-order valence-corrected chi connectivity index (χ1v) is 19.5. The Morgan fingerprint density at radius 3 is 1.30 bits per heavy atom. The van der Waals surface area contributed by atoms with Crippen LogP contribution in [-0.2, 0) is 9.59 Å². The number of nitrogens with zero attached hydrogens (tertiary/aromatic N) is 6. The minimum Gasteiger partial charge on any atom is -0.465 e. The van der Waals surface area contributed by atoms with E-state index < -0.39 is 24.3 Å². The normalized spacial score (nSPS) is 18.1. The Morgan fingerprint density at radius 2 is 0.982 bits per heavy atom. The number of likely N-dealkylation sites (tertiary alicyclic amines) is 2. The molecule has 0 radical (unpaired) electrons. The fourth-order valence-corrected chi connectivity index (χ4v) is 8.20. The zero-order chi connectivity index (χ0) is 40.3.